The average Bonchev–Trinajstić information content (AvgIpc) is 3.33. The standard InChI is InChI=1S/C21H26N4O4S/c1-5-25(20-22-14-9-6-7-10-15(14)30-20)17(26)13-28-18(27)12-8-11-16-23-19(24-29-16)21(2,3)4/h6-7,9-10H,5,8,11-13H2,1-4H3. The number of esters is 1. The lowest BCUT2D eigenvalue weighted by Gasteiger charge is -2.17. The Labute approximate surface area is 179 Å². The second-order valence-electron chi connectivity index (χ2n) is 7.88. The summed E-state index contributed by atoms with van der Waals surface area (Å²) < 4.78 is 11.4. The van der Waals surface area contributed by atoms with Crippen molar-refractivity contribution >= 4 is 38.6 Å². The molecule has 160 valence electrons. The second kappa shape index (κ2) is 9.34. The maximum Gasteiger partial charge on any atom is 0.306 e. The van der Waals surface area contributed by atoms with E-state index in [0.717, 1.165) is 10.2 Å². The fraction of sp³-hybridized carbons (Fsp3) is 0.476. The number of amides is 1. The van der Waals surface area contributed by atoms with Crippen LogP contribution >= 0.6 is 11.3 Å². The lowest BCUT2D eigenvalue weighted by molar-refractivity contribution is -0.147. The van der Waals surface area contributed by atoms with Gasteiger partial charge in [-0.1, -0.05) is 49.4 Å². The van der Waals surface area contributed by atoms with Crippen molar-refractivity contribution in [2.75, 3.05) is 18.1 Å². The number of carbonyl (C=O) groups is 2. The first-order valence-corrected chi connectivity index (χ1v) is 10.7. The molecule has 0 aliphatic carbocycles. The highest BCUT2D eigenvalue weighted by molar-refractivity contribution is 7.22. The van der Waals surface area contributed by atoms with Crippen LogP contribution in [0.25, 0.3) is 10.2 Å². The summed E-state index contributed by atoms with van der Waals surface area (Å²) in [5.41, 5.74) is 0.659. The predicted molar refractivity (Wildman–Crippen MR) is 115 cm³/mol. The number of likely N-dealkylation sites (N-methyl/N-ethyl adjacent to an activating group) is 1. The molecule has 0 atom stereocenters. The molecule has 0 radical (unpaired) electrons. The van der Waals surface area contributed by atoms with Crippen LogP contribution in [-0.4, -0.2) is 40.2 Å². The molecule has 0 aliphatic rings. The largest absolute Gasteiger partial charge is 0.456 e. The number of hydrogen-bond acceptors (Lipinski definition) is 8. The van der Waals surface area contributed by atoms with Crippen molar-refractivity contribution in [3.8, 4) is 0 Å². The van der Waals surface area contributed by atoms with Crippen LogP contribution in [0.3, 0.4) is 0 Å². The van der Waals surface area contributed by atoms with Gasteiger partial charge in [0, 0.05) is 24.8 Å². The minimum atomic E-state index is -0.431. The molecule has 2 heterocycles. The summed E-state index contributed by atoms with van der Waals surface area (Å²) in [5, 5.41) is 4.56. The first-order chi connectivity index (χ1) is 14.3. The summed E-state index contributed by atoms with van der Waals surface area (Å²) in [6, 6.07) is 7.70. The summed E-state index contributed by atoms with van der Waals surface area (Å²) in [4.78, 5) is 34.9. The number of thiazole rings is 1. The Morgan fingerprint density at radius 1 is 1.20 bits per heavy atom. The van der Waals surface area contributed by atoms with Crippen LogP contribution in [-0.2, 0) is 26.2 Å². The molecule has 8 nitrogen and oxygen atoms in total. The number of para-hydroxylation sites is 1. The number of rotatable bonds is 8. The lowest BCUT2D eigenvalue weighted by atomic mass is 9.96. The first kappa shape index (κ1) is 21.9. The summed E-state index contributed by atoms with van der Waals surface area (Å²) in [5.74, 6) is 0.410. The Morgan fingerprint density at radius 3 is 2.63 bits per heavy atom. The number of benzene rings is 1. The Balaban J connectivity index is 1.46. The van der Waals surface area contributed by atoms with Gasteiger partial charge in [0.15, 0.2) is 17.6 Å². The van der Waals surface area contributed by atoms with Gasteiger partial charge in [-0.15, -0.1) is 0 Å². The van der Waals surface area contributed by atoms with Crippen molar-refractivity contribution in [1.29, 1.82) is 0 Å². The highest BCUT2D eigenvalue weighted by atomic mass is 32.1. The van der Waals surface area contributed by atoms with E-state index in [-0.39, 0.29) is 24.3 Å². The Kier molecular flexibility index (Phi) is 6.81. The molecule has 0 unspecified atom stereocenters. The monoisotopic (exact) mass is 430 g/mol. The van der Waals surface area contributed by atoms with Crippen LogP contribution < -0.4 is 4.90 Å². The molecule has 30 heavy (non-hydrogen) atoms. The van der Waals surface area contributed by atoms with E-state index >= 15 is 0 Å². The van der Waals surface area contributed by atoms with Gasteiger partial charge in [-0.3, -0.25) is 14.5 Å². The molecule has 0 saturated carbocycles. The Bertz CT molecular complexity index is 988. The van der Waals surface area contributed by atoms with Gasteiger partial charge in [-0.25, -0.2) is 4.98 Å². The van der Waals surface area contributed by atoms with Gasteiger partial charge in [0.25, 0.3) is 5.91 Å². The number of anilines is 1. The van der Waals surface area contributed by atoms with Gasteiger partial charge < -0.3 is 9.26 Å². The third-order valence-electron chi connectivity index (χ3n) is 4.40. The molecule has 3 aromatic rings. The molecule has 0 spiro atoms. The average molecular weight is 431 g/mol. The molecule has 9 heteroatoms. The summed E-state index contributed by atoms with van der Waals surface area (Å²) in [6.07, 6.45) is 1.17. The van der Waals surface area contributed by atoms with Crippen LogP contribution in [0.1, 0.15) is 52.3 Å². The maximum atomic E-state index is 12.5. The zero-order valence-corrected chi connectivity index (χ0v) is 18.5. The van der Waals surface area contributed by atoms with E-state index in [0.29, 0.717) is 36.2 Å². The van der Waals surface area contributed by atoms with E-state index in [2.05, 4.69) is 15.1 Å². The van der Waals surface area contributed by atoms with Crippen LogP contribution in [0.2, 0.25) is 0 Å². The molecular weight excluding hydrogens is 404 g/mol. The van der Waals surface area contributed by atoms with Gasteiger partial charge in [-0.05, 0) is 25.5 Å². The third-order valence-corrected chi connectivity index (χ3v) is 5.46. The molecule has 2 aromatic heterocycles. The van der Waals surface area contributed by atoms with Crippen molar-refractivity contribution < 1.29 is 18.8 Å². The van der Waals surface area contributed by atoms with E-state index in [4.69, 9.17) is 9.26 Å². The number of hydrogen-bond donors (Lipinski definition) is 0. The zero-order chi connectivity index (χ0) is 21.7. The van der Waals surface area contributed by atoms with E-state index < -0.39 is 5.97 Å². The topological polar surface area (TPSA) is 98.4 Å². The minimum Gasteiger partial charge on any atom is -0.456 e. The predicted octanol–water partition coefficient (Wildman–Crippen LogP) is 3.90. The quantitative estimate of drug-likeness (QED) is 0.500. The number of ether oxygens (including phenoxy) is 1. The Hall–Kier alpha value is -2.81. The van der Waals surface area contributed by atoms with E-state index in [1.165, 1.54) is 16.2 Å². The normalized spacial score (nSPS) is 11.6. The number of nitrogens with zero attached hydrogens (tertiary/aromatic N) is 4. The number of aryl methyl sites for hydroxylation is 1. The molecule has 0 N–H and O–H groups in total. The van der Waals surface area contributed by atoms with Crippen LogP contribution in [0.4, 0.5) is 5.13 Å². The summed E-state index contributed by atoms with van der Waals surface area (Å²) in [6.45, 7) is 8.01. The lowest BCUT2D eigenvalue weighted by Crippen LogP contribution is -2.34. The van der Waals surface area contributed by atoms with Crippen LogP contribution in [0.15, 0.2) is 28.8 Å². The molecule has 0 fully saturated rings. The number of aromatic nitrogens is 3. The van der Waals surface area contributed by atoms with Crippen LogP contribution in [0.5, 0.6) is 0 Å². The molecule has 0 bridgehead atoms. The SMILES string of the molecule is CCN(C(=O)COC(=O)CCCc1nc(C(C)(C)C)no1)c1nc2ccccc2s1. The molecule has 3 rings (SSSR count). The molecule has 1 aromatic carbocycles. The van der Waals surface area contributed by atoms with E-state index in [1.807, 2.05) is 52.0 Å². The van der Waals surface area contributed by atoms with Crippen molar-refractivity contribution in [3.63, 3.8) is 0 Å². The minimum absolute atomic E-state index is 0.174. The highest BCUT2D eigenvalue weighted by Gasteiger charge is 2.22. The van der Waals surface area contributed by atoms with Gasteiger partial charge in [-0.2, -0.15) is 4.98 Å². The first-order valence-electron chi connectivity index (χ1n) is 9.92. The van der Waals surface area contributed by atoms with Gasteiger partial charge >= 0.3 is 5.97 Å². The third kappa shape index (κ3) is 5.41. The zero-order valence-electron chi connectivity index (χ0n) is 17.7. The number of fused-ring (bicyclic) bond motifs is 1. The van der Waals surface area contributed by atoms with Gasteiger partial charge in [0.2, 0.25) is 5.89 Å². The maximum absolute atomic E-state index is 12.5. The van der Waals surface area contributed by atoms with E-state index in [1.54, 1.807) is 0 Å². The fourth-order valence-electron chi connectivity index (χ4n) is 2.73. The smallest absolute Gasteiger partial charge is 0.306 e. The second-order valence-corrected chi connectivity index (χ2v) is 8.89. The van der Waals surface area contributed by atoms with Crippen molar-refractivity contribution in [2.24, 2.45) is 0 Å². The van der Waals surface area contributed by atoms with Gasteiger partial charge in [0.1, 0.15) is 0 Å². The van der Waals surface area contributed by atoms with E-state index in [9.17, 15) is 9.59 Å². The van der Waals surface area contributed by atoms with Crippen LogP contribution in [0, 0.1) is 0 Å². The highest BCUT2D eigenvalue weighted by Crippen LogP contribution is 2.28. The summed E-state index contributed by atoms with van der Waals surface area (Å²) >= 11 is 1.44. The van der Waals surface area contributed by atoms with Crippen molar-refractivity contribution in [3.05, 3.63) is 36.0 Å². The Morgan fingerprint density at radius 2 is 1.97 bits per heavy atom. The van der Waals surface area contributed by atoms with Crippen molar-refractivity contribution in [1.82, 2.24) is 15.1 Å². The molecule has 0 saturated heterocycles. The number of carbonyl (C=O) groups excluding carboxylic acids is 2. The molecule has 1 amide bonds. The van der Waals surface area contributed by atoms with Gasteiger partial charge in [0.05, 0.1) is 10.2 Å². The summed E-state index contributed by atoms with van der Waals surface area (Å²) in [7, 11) is 0. The fourth-order valence-corrected chi connectivity index (χ4v) is 3.78. The molecular formula is C21H26N4O4S. The molecule has 0 aliphatic heterocycles. The van der Waals surface area contributed by atoms with Crippen molar-refractivity contribution in [2.45, 2.75) is 52.4 Å².